The Morgan fingerprint density at radius 3 is 2.56 bits per heavy atom. The Bertz CT molecular complexity index is 900. The first kappa shape index (κ1) is 18.0. The average molecular weight is 391 g/mol. The van der Waals surface area contributed by atoms with Crippen molar-refractivity contribution in [2.45, 2.75) is 17.6 Å². The third kappa shape index (κ3) is 3.47. The average Bonchev–Trinajstić information content (AvgIpc) is 2.76. The lowest BCUT2D eigenvalue weighted by molar-refractivity contribution is -0.137. The van der Waals surface area contributed by atoms with E-state index in [1.807, 2.05) is 0 Å². The number of hydrogen-bond donors (Lipinski definition) is 1. The van der Waals surface area contributed by atoms with Gasteiger partial charge in [0.25, 0.3) is 10.0 Å². The molecule has 0 saturated carbocycles. The molecule has 9 heteroatoms. The summed E-state index contributed by atoms with van der Waals surface area (Å²) in [4.78, 5) is -0.555. The van der Waals surface area contributed by atoms with Crippen molar-refractivity contribution in [2.75, 3.05) is 17.4 Å². The van der Waals surface area contributed by atoms with Crippen molar-refractivity contribution in [3.05, 3.63) is 58.6 Å². The van der Waals surface area contributed by atoms with Crippen LogP contribution in [0, 0.1) is 0 Å². The van der Waals surface area contributed by atoms with Crippen LogP contribution in [0.2, 0.25) is 5.02 Å². The van der Waals surface area contributed by atoms with Crippen LogP contribution in [0.3, 0.4) is 0 Å². The SMILES string of the molecule is O=S(=O)(c1cc(C(F)(F)F)ccc1Cl)N1CCNCc2ccccc21. The molecule has 2 aromatic rings. The molecule has 4 nitrogen and oxygen atoms in total. The summed E-state index contributed by atoms with van der Waals surface area (Å²) in [6.45, 7) is 0.926. The second-order valence-electron chi connectivity index (χ2n) is 5.53. The van der Waals surface area contributed by atoms with E-state index in [1.54, 1.807) is 24.3 Å². The van der Waals surface area contributed by atoms with Crippen LogP contribution in [0.5, 0.6) is 0 Å². The van der Waals surface area contributed by atoms with E-state index in [-0.39, 0.29) is 11.6 Å². The molecule has 0 saturated heterocycles. The number of rotatable bonds is 2. The molecule has 1 aliphatic heterocycles. The Balaban J connectivity index is 2.14. The first-order chi connectivity index (χ1) is 11.7. The molecular weight excluding hydrogens is 377 g/mol. The molecule has 0 spiro atoms. The summed E-state index contributed by atoms with van der Waals surface area (Å²) in [5.41, 5.74) is 0.115. The molecule has 2 aromatic carbocycles. The smallest absolute Gasteiger partial charge is 0.311 e. The quantitative estimate of drug-likeness (QED) is 0.851. The normalized spacial score (nSPS) is 15.6. The number of para-hydroxylation sites is 1. The summed E-state index contributed by atoms with van der Waals surface area (Å²) in [5.74, 6) is 0. The molecule has 0 aromatic heterocycles. The van der Waals surface area contributed by atoms with Crippen LogP contribution in [0.4, 0.5) is 18.9 Å². The lowest BCUT2D eigenvalue weighted by Crippen LogP contribution is -2.35. The van der Waals surface area contributed by atoms with Gasteiger partial charge in [0.2, 0.25) is 0 Å². The standard InChI is InChI=1S/C16H14ClF3N2O2S/c17-13-6-5-12(16(18,19)20)9-15(13)25(23,24)22-8-7-21-10-11-3-1-2-4-14(11)22/h1-6,9,21H,7-8,10H2. The number of sulfonamides is 1. The molecular formula is C16H14ClF3N2O2S. The molecule has 1 aliphatic rings. The van der Waals surface area contributed by atoms with Gasteiger partial charge < -0.3 is 5.32 Å². The van der Waals surface area contributed by atoms with Crippen molar-refractivity contribution in [3.63, 3.8) is 0 Å². The third-order valence-corrected chi connectivity index (χ3v) is 6.19. The van der Waals surface area contributed by atoms with Crippen LogP contribution in [0.25, 0.3) is 0 Å². The minimum absolute atomic E-state index is 0.0892. The molecule has 0 unspecified atom stereocenters. The molecule has 0 amide bonds. The van der Waals surface area contributed by atoms with Gasteiger partial charge in [-0.1, -0.05) is 29.8 Å². The molecule has 0 atom stereocenters. The monoisotopic (exact) mass is 390 g/mol. The van der Waals surface area contributed by atoms with Crippen molar-refractivity contribution in [1.82, 2.24) is 5.32 Å². The highest BCUT2D eigenvalue weighted by atomic mass is 35.5. The lowest BCUT2D eigenvalue weighted by Gasteiger charge is -2.25. The molecule has 25 heavy (non-hydrogen) atoms. The van der Waals surface area contributed by atoms with Gasteiger partial charge in [-0.2, -0.15) is 13.2 Å². The molecule has 1 heterocycles. The summed E-state index contributed by atoms with van der Waals surface area (Å²) in [7, 11) is -4.25. The Morgan fingerprint density at radius 2 is 1.84 bits per heavy atom. The Kier molecular flexibility index (Phi) is 4.70. The van der Waals surface area contributed by atoms with E-state index >= 15 is 0 Å². The fourth-order valence-electron chi connectivity index (χ4n) is 2.67. The predicted octanol–water partition coefficient (Wildman–Crippen LogP) is 3.66. The van der Waals surface area contributed by atoms with E-state index in [2.05, 4.69) is 5.32 Å². The summed E-state index contributed by atoms with van der Waals surface area (Å²) in [5, 5.41) is 2.84. The number of benzene rings is 2. The molecule has 1 N–H and O–H groups in total. The number of anilines is 1. The maximum Gasteiger partial charge on any atom is 0.416 e. The van der Waals surface area contributed by atoms with Gasteiger partial charge in [-0.3, -0.25) is 4.31 Å². The maximum absolute atomic E-state index is 13.0. The molecule has 0 radical (unpaired) electrons. The van der Waals surface area contributed by atoms with Gasteiger partial charge in [0.1, 0.15) is 4.90 Å². The fourth-order valence-corrected chi connectivity index (χ4v) is 4.68. The van der Waals surface area contributed by atoms with Crippen molar-refractivity contribution < 1.29 is 21.6 Å². The zero-order chi connectivity index (χ0) is 18.2. The van der Waals surface area contributed by atoms with Crippen LogP contribution in [-0.2, 0) is 22.7 Å². The van der Waals surface area contributed by atoms with E-state index in [9.17, 15) is 21.6 Å². The maximum atomic E-state index is 13.0. The Morgan fingerprint density at radius 1 is 1.12 bits per heavy atom. The summed E-state index contributed by atoms with van der Waals surface area (Å²) >= 11 is 5.93. The van der Waals surface area contributed by atoms with Crippen molar-refractivity contribution in [1.29, 1.82) is 0 Å². The second kappa shape index (κ2) is 6.51. The zero-order valence-electron chi connectivity index (χ0n) is 12.8. The fraction of sp³-hybridized carbons (Fsp3) is 0.250. The van der Waals surface area contributed by atoms with E-state index in [0.29, 0.717) is 24.8 Å². The van der Waals surface area contributed by atoms with E-state index in [1.165, 1.54) is 0 Å². The van der Waals surface area contributed by atoms with E-state index in [0.717, 1.165) is 22.0 Å². The number of alkyl halides is 3. The molecule has 0 fully saturated rings. The number of nitrogens with one attached hydrogen (secondary N) is 1. The minimum Gasteiger partial charge on any atom is -0.311 e. The largest absolute Gasteiger partial charge is 0.416 e. The van der Waals surface area contributed by atoms with Crippen LogP contribution >= 0.6 is 11.6 Å². The van der Waals surface area contributed by atoms with Crippen LogP contribution in [0.15, 0.2) is 47.4 Å². The van der Waals surface area contributed by atoms with Gasteiger partial charge in [-0.15, -0.1) is 0 Å². The molecule has 3 rings (SSSR count). The van der Waals surface area contributed by atoms with Crippen molar-refractivity contribution in [3.8, 4) is 0 Å². The van der Waals surface area contributed by atoms with Gasteiger partial charge in [0.15, 0.2) is 0 Å². The summed E-state index contributed by atoms with van der Waals surface area (Å²) in [6.07, 6.45) is -4.66. The molecule has 0 aliphatic carbocycles. The number of fused-ring (bicyclic) bond motifs is 1. The Labute approximate surface area is 148 Å². The van der Waals surface area contributed by atoms with Crippen molar-refractivity contribution in [2.24, 2.45) is 0 Å². The van der Waals surface area contributed by atoms with Crippen LogP contribution in [-0.4, -0.2) is 21.5 Å². The highest BCUT2D eigenvalue weighted by Gasteiger charge is 2.35. The first-order valence-electron chi connectivity index (χ1n) is 7.39. The second-order valence-corrected chi connectivity index (χ2v) is 7.76. The number of hydrogen-bond acceptors (Lipinski definition) is 3. The van der Waals surface area contributed by atoms with Crippen LogP contribution in [0.1, 0.15) is 11.1 Å². The zero-order valence-corrected chi connectivity index (χ0v) is 14.4. The first-order valence-corrected chi connectivity index (χ1v) is 9.21. The summed E-state index contributed by atoms with van der Waals surface area (Å²) < 4.78 is 66.1. The third-order valence-electron chi connectivity index (χ3n) is 3.89. The van der Waals surface area contributed by atoms with Gasteiger partial charge in [0, 0.05) is 19.6 Å². The van der Waals surface area contributed by atoms with Gasteiger partial charge in [-0.25, -0.2) is 8.42 Å². The van der Waals surface area contributed by atoms with Gasteiger partial charge in [-0.05, 0) is 29.8 Å². The molecule has 134 valence electrons. The Hall–Kier alpha value is -1.77. The highest BCUT2D eigenvalue weighted by molar-refractivity contribution is 7.93. The van der Waals surface area contributed by atoms with E-state index in [4.69, 9.17) is 11.6 Å². The summed E-state index contributed by atoms with van der Waals surface area (Å²) in [6, 6.07) is 9.15. The predicted molar refractivity (Wildman–Crippen MR) is 89.1 cm³/mol. The topological polar surface area (TPSA) is 49.4 Å². The van der Waals surface area contributed by atoms with Crippen molar-refractivity contribution >= 4 is 27.3 Å². The van der Waals surface area contributed by atoms with E-state index < -0.39 is 26.7 Å². The highest BCUT2D eigenvalue weighted by Crippen LogP contribution is 2.36. The van der Waals surface area contributed by atoms with Gasteiger partial charge in [0.05, 0.1) is 16.3 Å². The number of nitrogens with zero attached hydrogens (tertiary/aromatic N) is 1. The lowest BCUT2D eigenvalue weighted by atomic mass is 10.2. The minimum atomic E-state index is -4.66. The molecule has 0 bridgehead atoms. The van der Waals surface area contributed by atoms with Crippen LogP contribution < -0.4 is 9.62 Å². The number of halogens is 4. The van der Waals surface area contributed by atoms with Gasteiger partial charge >= 0.3 is 6.18 Å².